The molecule has 0 aliphatic heterocycles. The number of pyridine rings is 1. The zero-order valence-electron chi connectivity index (χ0n) is 10.8. The number of rotatable bonds is 2. The van der Waals surface area contributed by atoms with Crippen molar-refractivity contribution in [2.75, 3.05) is 11.1 Å². The number of aryl methyl sites for hydroxylation is 2. The number of hydrogen-bond donors (Lipinski definition) is 2. The van der Waals surface area contributed by atoms with Crippen LogP contribution in [0.5, 0.6) is 0 Å². The molecule has 3 N–H and O–H groups in total. The maximum atomic E-state index is 5.70. The quantitative estimate of drug-likeness (QED) is 0.746. The van der Waals surface area contributed by atoms with Crippen LogP contribution in [0.2, 0.25) is 0 Å². The molecule has 4 nitrogen and oxygen atoms in total. The van der Waals surface area contributed by atoms with Crippen molar-refractivity contribution in [3.05, 3.63) is 41.6 Å². The van der Waals surface area contributed by atoms with E-state index in [1.54, 1.807) is 17.5 Å². The van der Waals surface area contributed by atoms with Gasteiger partial charge in [0.15, 0.2) is 5.13 Å². The number of nitrogens with zero attached hydrogens (tertiary/aromatic N) is 2. The third-order valence-electron chi connectivity index (χ3n) is 2.87. The number of nitrogen functional groups attached to an aromatic ring is 1. The van der Waals surface area contributed by atoms with Crippen molar-refractivity contribution in [3.8, 4) is 0 Å². The summed E-state index contributed by atoms with van der Waals surface area (Å²) < 4.78 is 1.18. The molecule has 0 amide bonds. The van der Waals surface area contributed by atoms with Crippen LogP contribution in [-0.4, -0.2) is 9.97 Å². The van der Waals surface area contributed by atoms with Gasteiger partial charge in [0.1, 0.15) is 5.82 Å². The van der Waals surface area contributed by atoms with Gasteiger partial charge in [-0.1, -0.05) is 17.4 Å². The largest absolute Gasteiger partial charge is 0.397 e. The summed E-state index contributed by atoms with van der Waals surface area (Å²) in [6.07, 6.45) is 1.65. The monoisotopic (exact) mass is 270 g/mol. The van der Waals surface area contributed by atoms with E-state index in [-0.39, 0.29) is 0 Å². The zero-order valence-corrected chi connectivity index (χ0v) is 11.6. The van der Waals surface area contributed by atoms with Crippen LogP contribution in [0, 0.1) is 13.8 Å². The van der Waals surface area contributed by atoms with Crippen molar-refractivity contribution in [1.29, 1.82) is 0 Å². The van der Waals surface area contributed by atoms with Gasteiger partial charge in [-0.25, -0.2) is 9.97 Å². The number of benzene rings is 1. The summed E-state index contributed by atoms with van der Waals surface area (Å²) in [5, 5.41) is 4.10. The first-order valence-electron chi connectivity index (χ1n) is 5.98. The molecular weight excluding hydrogens is 256 g/mol. The van der Waals surface area contributed by atoms with E-state index in [2.05, 4.69) is 34.3 Å². The first kappa shape index (κ1) is 11.9. The molecule has 19 heavy (non-hydrogen) atoms. The minimum atomic E-state index is 0.669. The molecule has 0 radical (unpaired) electrons. The molecule has 0 bridgehead atoms. The van der Waals surface area contributed by atoms with Crippen molar-refractivity contribution in [3.63, 3.8) is 0 Å². The SMILES string of the molecule is Cc1ccc2nc(Nc3ncc(N)cc3C)sc2c1. The number of nitrogens with one attached hydrogen (secondary N) is 1. The summed E-state index contributed by atoms with van der Waals surface area (Å²) in [5.41, 5.74) is 9.62. The van der Waals surface area contributed by atoms with Gasteiger partial charge in [-0.3, -0.25) is 0 Å². The fourth-order valence-corrected chi connectivity index (χ4v) is 2.88. The van der Waals surface area contributed by atoms with Gasteiger partial charge in [-0.15, -0.1) is 0 Å². The average molecular weight is 270 g/mol. The lowest BCUT2D eigenvalue weighted by atomic mass is 10.2. The number of fused-ring (bicyclic) bond motifs is 1. The first-order chi connectivity index (χ1) is 9.11. The summed E-state index contributed by atoms with van der Waals surface area (Å²) in [5.74, 6) is 0.796. The van der Waals surface area contributed by atoms with Crippen LogP contribution in [0.25, 0.3) is 10.2 Å². The van der Waals surface area contributed by atoms with Crippen molar-refractivity contribution in [2.45, 2.75) is 13.8 Å². The molecule has 3 rings (SSSR count). The lowest BCUT2D eigenvalue weighted by molar-refractivity contribution is 1.25. The van der Waals surface area contributed by atoms with E-state index in [1.807, 2.05) is 19.1 Å². The summed E-state index contributed by atoms with van der Waals surface area (Å²) >= 11 is 1.63. The molecule has 0 atom stereocenters. The number of anilines is 3. The van der Waals surface area contributed by atoms with Gasteiger partial charge >= 0.3 is 0 Å². The van der Waals surface area contributed by atoms with Crippen LogP contribution in [0.1, 0.15) is 11.1 Å². The van der Waals surface area contributed by atoms with Crippen LogP contribution < -0.4 is 11.1 Å². The molecule has 0 saturated carbocycles. The number of thiazole rings is 1. The summed E-state index contributed by atoms with van der Waals surface area (Å²) in [6, 6.07) is 8.14. The molecule has 0 aliphatic carbocycles. The normalized spacial score (nSPS) is 10.8. The second kappa shape index (κ2) is 4.51. The van der Waals surface area contributed by atoms with Crippen LogP contribution in [0.4, 0.5) is 16.6 Å². The number of nitrogens with two attached hydrogens (primary N) is 1. The van der Waals surface area contributed by atoms with Gasteiger partial charge < -0.3 is 11.1 Å². The predicted molar refractivity (Wildman–Crippen MR) is 81.0 cm³/mol. The van der Waals surface area contributed by atoms with Gasteiger partial charge in [-0.05, 0) is 43.2 Å². The lowest BCUT2D eigenvalue weighted by Gasteiger charge is -2.05. The van der Waals surface area contributed by atoms with E-state index in [0.717, 1.165) is 22.0 Å². The summed E-state index contributed by atoms with van der Waals surface area (Å²) in [4.78, 5) is 8.84. The second-order valence-corrected chi connectivity index (χ2v) is 5.58. The summed E-state index contributed by atoms with van der Waals surface area (Å²) in [6.45, 7) is 4.06. The number of aromatic nitrogens is 2. The number of hydrogen-bond acceptors (Lipinski definition) is 5. The second-order valence-electron chi connectivity index (χ2n) is 4.55. The third-order valence-corrected chi connectivity index (χ3v) is 3.80. The highest BCUT2D eigenvalue weighted by atomic mass is 32.1. The minimum Gasteiger partial charge on any atom is -0.397 e. The Morgan fingerprint density at radius 2 is 2.05 bits per heavy atom. The molecule has 0 saturated heterocycles. The standard InChI is InChI=1S/C14H14N4S/c1-8-3-4-11-12(5-8)19-14(17-11)18-13-9(2)6-10(15)7-16-13/h3-7H,15H2,1-2H3,(H,16,17,18). The molecule has 3 aromatic rings. The van der Waals surface area contributed by atoms with Gasteiger partial charge in [0.2, 0.25) is 0 Å². The van der Waals surface area contributed by atoms with E-state index in [0.29, 0.717) is 5.69 Å². The highest BCUT2D eigenvalue weighted by Gasteiger charge is 2.06. The molecule has 0 unspecified atom stereocenters. The maximum Gasteiger partial charge on any atom is 0.189 e. The predicted octanol–water partition coefficient (Wildman–Crippen LogP) is 3.63. The zero-order chi connectivity index (χ0) is 13.4. The topological polar surface area (TPSA) is 63.8 Å². The van der Waals surface area contributed by atoms with E-state index in [1.165, 1.54) is 10.3 Å². The Morgan fingerprint density at radius 1 is 1.21 bits per heavy atom. The molecule has 5 heteroatoms. The van der Waals surface area contributed by atoms with Gasteiger partial charge in [-0.2, -0.15) is 0 Å². The molecule has 1 aromatic carbocycles. The van der Waals surface area contributed by atoms with Crippen molar-refractivity contribution in [1.82, 2.24) is 9.97 Å². The highest BCUT2D eigenvalue weighted by molar-refractivity contribution is 7.22. The van der Waals surface area contributed by atoms with Gasteiger partial charge in [0.25, 0.3) is 0 Å². The Kier molecular flexibility index (Phi) is 2.83. The lowest BCUT2D eigenvalue weighted by Crippen LogP contribution is -1.97. The molecule has 0 spiro atoms. The molecule has 0 aliphatic rings. The van der Waals surface area contributed by atoms with Crippen LogP contribution >= 0.6 is 11.3 Å². The third kappa shape index (κ3) is 2.37. The molecule has 0 fully saturated rings. The molecule has 2 heterocycles. The van der Waals surface area contributed by atoms with E-state index < -0.39 is 0 Å². The van der Waals surface area contributed by atoms with E-state index in [9.17, 15) is 0 Å². The smallest absolute Gasteiger partial charge is 0.189 e. The molecular formula is C14H14N4S. The Morgan fingerprint density at radius 3 is 2.84 bits per heavy atom. The van der Waals surface area contributed by atoms with E-state index >= 15 is 0 Å². The Labute approximate surface area is 115 Å². The Hall–Kier alpha value is -2.14. The van der Waals surface area contributed by atoms with Gasteiger partial charge in [0.05, 0.1) is 22.1 Å². The van der Waals surface area contributed by atoms with E-state index in [4.69, 9.17) is 5.73 Å². The Bertz CT molecular complexity index is 748. The highest BCUT2D eigenvalue weighted by Crippen LogP contribution is 2.29. The summed E-state index contributed by atoms with van der Waals surface area (Å²) in [7, 11) is 0. The van der Waals surface area contributed by atoms with Crippen molar-refractivity contribution in [2.24, 2.45) is 0 Å². The van der Waals surface area contributed by atoms with Gasteiger partial charge in [0, 0.05) is 0 Å². The minimum absolute atomic E-state index is 0.669. The fourth-order valence-electron chi connectivity index (χ4n) is 1.91. The van der Waals surface area contributed by atoms with Crippen LogP contribution in [0.15, 0.2) is 30.5 Å². The van der Waals surface area contributed by atoms with Crippen molar-refractivity contribution >= 4 is 38.2 Å². The fraction of sp³-hybridized carbons (Fsp3) is 0.143. The molecule has 2 aromatic heterocycles. The molecule has 96 valence electrons. The first-order valence-corrected chi connectivity index (χ1v) is 6.80. The van der Waals surface area contributed by atoms with Crippen LogP contribution in [-0.2, 0) is 0 Å². The average Bonchev–Trinajstić information content (AvgIpc) is 2.74. The van der Waals surface area contributed by atoms with Crippen molar-refractivity contribution < 1.29 is 0 Å². The maximum absolute atomic E-state index is 5.70. The van der Waals surface area contributed by atoms with Crippen LogP contribution in [0.3, 0.4) is 0 Å². The Balaban J connectivity index is 1.96.